The first-order valence-corrected chi connectivity index (χ1v) is 22.3. The number of hydrogen-bond acceptors (Lipinski definition) is 19. The van der Waals surface area contributed by atoms with Crippen molar-refractivity contribution >= 4 is 116 Å². The molecule has 0 amide bonds. The van der Waals surface area contributed by atoms with Gasteiger partial charge in [-0.25, -0.2) is 14.8 Å². The highest BCUT2D eigenvalue weighted by atomic mass is 32.2. The lowest BCUT2D eigenvalue weighted by molar-refractivity contribution is -0.137. The second-order valence-corrected chi connectivity index (χ2v) is 17.3. The van der Waals surface area contributed by atoms with Crippen LogP contribution in [-0.4, -0.2) is 91.0 Å². The van der Waals surface area contributed by atoms with Crippen molar-refractivity contribution in [3.8, 4) is 23.4 Å². The van der Waals surface area contributed by atoms with Crippen molar-refractivity contribution in [1.29, 1.82) is 5.26 Å². The van der Waals surface area contributed by atoms with Crippen molar-refractivity contribution in [2.45, 2.75) is 24.7 Å². The van der Waals surface area contributed by atoms with Crippen molar-refractivity contribution in [3.63, 3.8) is 0 Å². The number of nitrogens with zero attached hydrogens (tertiary/aromatic N) is 11. The first-order valence-electron chi connectivity index (χ1n) is 20.1. The van der Waals surface area contributed by atoms with Gasteiger partial charge < -0.3 is 35.2 Å². The zero-order valence-corrected chi connectivity index (χ0v) is 37.3. The van der Waals surface area contributed by atoms with Crippen LogP contribution >= 0.6 is 11.3 Å². The van der Waals surface area contributed by atoms with E-state index in [-0.39, 0.29) is 91.4 Å². The predicted octanol–water partition coefficient (Wildman–Crippen LogP) is 9.80. The van der Waals surface area contributed by atoms with Gasteiger partial charge in [0.25, 0.3) is 10.1 Å². The average molecular weight is 972 g/mol. The number of aromatic carboxylic acids is 1. The van der Waals surface area contributed by atoms with Crippen molar-refractivity contribution in [2.24, 2.45) is 30.7 Å². The number of benzene rings is 5. The van der Waals surface area contributed by atoms with Crippen LogP contribution in [-0.2, 0) is 19.7 Å². The number of pyridine rings is 1. The molecule has 0 saturated carbocycles. The number of thiazole rings is 1. The lowest BCUT2D eigenvalue weighted by Gasteiger charge is -2.25. The molecule has 8 aromatic rings. The second kappa shape index (κ2) is 18.7. The van der Waals surface area contributed by atoms with E-state index in [1.165, 1.54) is 64.9 Å². The van der Waals surface area contributed by atoms with Gasteiger partial charge in [0, 0.05) is 30.1 Å². The average Bonchev–Trinajstić information content (AvgIpc) is 3.91. The molecule has 25 heteroatoms. The molecule has 69 heavy (non-hydrogen) atoms. The summed E-state index contributed by atoms with van der Waals surface area (Å²) in [4.78, 5) is 44.3. The second-order valence-electron chi connectivity index (χ2n) is 14.9. The van der Waals surface area contributed by atoms with Crippen LogP contribution in [0.1, 0.15) is 34.3 Å². The Morgan fingerprint density at radius 3 is 2.22 bits per heavy atom. The van der Waals surface area contributed by atoms with Crippen molar-refractivity contribution in [3.05, 3.63) is 95.6 Å². The van der Waals surface area contributed by atoms with Gasteiger partial charge in [0.2, 0.25) is 11.0 Å². The number of carboxylic acid groups (broad SMARTS) is 3. The summed E-state index contributed by atoms with van der Waals surface area (Å²) >= 11 is 1.04. The summed E-state index contributed by atoms with van der Waals surface area (Å²) in [5, 5.41) is 86.8. The fraction of sp³-hybridized carbons (Fsp3) is 0.136. The first-order chi connectivity index (χ1) is 32.9. The Bertz CT molecular complexity index is 3690. The monoisotopic (exact) mass is 971 g/mol. The largest absolute Gasteiger partial charge is 0.505 e. The number of methoxy groups -OCH3 is 1. The highest BCUT2D eigenvalue weighted by molar-refractivity contribution is 7.86. The van der Waals surface area contributed by atoms with Crippen LogP contribution < -0.4 is 9.64 Å². The number of phenolic OH excluding ortho intramolecular Hbond substituents is 1. The zero-order chi connectivity index (χ0) is 49.3. The summed E-state index contributed by atoms with van der Waals surface area (Å²) < 4.78 is 43.7. The van der Waals surface area contributed by atoms with Gasteiger partial charge >= 0.3 is 17.9 Å². The minimum atomic E-state index is -5.17. The molecule has 0 aliphatic carbocycles. The standard InChI is InChI=1S/C44H33N11O12S2/c1-21-26(20-45)41-46-27-5-3-4-6-31(27)55(41)42(61)38(21)51-48-24-8-9-25-23(15-24)17-35(69(64,65)66)39(40(25)60)52-49-29-19-33(67-2)30(18-32(29)54(13-11-36(56)57)14-12-37(58)59)50-53-44-47-28-10-7-22(43(62)63)16-34(28)68-44/h3-10,15-19,60-61H,11-14H2,1-2H3,(H,56,57)(H,58,59)(H,62,63)(H,64,65,66). The van der Waals surface area contributed by atoms with E-state index in [0.717, 1.165) is 17.4 Å². The maximum atomic E-state index is 12.9. The number of nitriles is 1. The third-order valence-corrected chi connectivity index (χ3v) is 12.3. The minimum absolute atomic E-state index is 0.00719. The van der Waals surface area contributed by atoms with Gasteiger partial charge in [-0.15, -0.1) is 25.6 Å². The Balaban J connectivity index is 1.20. The summed E-state index contributed by atoms with van der Waals surface area (Å²) in [7, 11) is -3.89. The predicted molar refractivity (Wildman–Crippen MR) is 248 cm³/mol. The molecule has 0 radical (unpaired) electrons. The number of aromatic nitrogens is 3. The molecule has 3 aromatic heterocycles. The quantitative estimate of drug-likeness (QED) is 0.0387. The highest BCUT2D eigenvalue weighted by Gasteiger charge is 2.25. The Morgan fingerprint density at radius 1 is 0.826 bits per heavy atom. The number of imidazole rings is 1. The molecule has 0 spiro atoms. The molecule has 0 aliphatic heterocycles. The molecule has 8 rings (SSSR count). The van der Waals surface area contributed by atoms with Crippen LogP contribution in [0.5, 0.6) is 17.4 Å². The van der Waals surface area contributed by atoms with Gasteiger partial charge in [0.1, 0.15) is 39.3 Å². The molecule has 6 N–H and O–H groups in total. The Morgan fingerprint density at radius 2 is 1.54 bits per heavy atom. The topological polar surface area (TPSA) is 347 Å². The number of hydrogen-bond donors (Lipinski definition) is 6. The third kappa shape index (κ3) is 9.38. The molecule has 0 bridgehead atoms. The van der Waals surface area contributed by atoms with E-state index >= 15 is 0 Å². The number of azo groups is 3. The van der Waals surface area contributed by atoms with Crippen LogP contribution in [0.4, 0.5) is 39.3 Å². The van der Waals surface area contributed by atoms with Crippen LogP contribution in [0.3, 0.4) is 0 Å². The number of ether oxygens (including phenoxy) is 1. The van der Waals surface area contributed by atoms with Gasteiger partial charge in [-0.05, 0) is 73.0 Å². The molecule has 0 unspecified atom stereocenters. The highest BCUT2D eigenvalue weighted by Crippen LogP contribution is 2.46. The van der Waals surface area contributed by atoms with E-state index < -0.39 is 57.2 Å². The molecule has 348 valence electrons. The van der Waals surface area contributed by atoms with Crippen LogP contribution in [0.25, 0.3) is 37.7 Å². The van der Waals surface area contributed by atoms with Crippen molar-refractivity contribution in [2.75, 3.05) is 25.1 Å². The Labute approximate surface area is 391 Å². The lowest BCUT2D eigenvalue weighted by Crippen LogP contribution is -2.28. The third-order valence-electron chi connectivity index (χ3n) is 10.6. The van der Waals surface area contributed by atoms with Gasteiger partial charge in [0.05, 0.1) is 58.1 Å². The summed E-state index contributed by atoms with van der Waals surface area (Å²) in [6.07, 6.45) is -0.941. The summed E-state index contributed by atoms with van der Waals surface area (Å²) in [6.45, 7) is 1.04. The van der Waals surface area contributed by atoms with Gasteiger partial charge in [-0.2, -0.15) is 18.8 Å². The van der Waals surface area contributed by atoms with Gasteiger partial charge in [0.15, 0.2) is 17.1 Å². The number of carbonyl (C=O) groups is 3. The van der Waals surface area contributed by atoms with E-state index in [9.17, 15) is 58.1 Å². The molecule has 0 fully saturated rings. The molecule has 23 nitrogen and oxygen atoms in total. The molecular weight excluding hydrogens is 939 g/mol. The SMILES string of the molecule is COc1cc(N=Nc2c(S(=O)(=O)O)cc3cc(N=Nc4c(C)c(C#N)c5nc6ccccc6n5c4O)ccc3c2O)c(N(CCC(=O)O)CCC(=O)O)cc1N=Nc1nc2ccc(C(=O)O)cc2s1. The molecular formula is C44H33N11O12S2. The van der Waals surface area contributed by atoms with E-state index in [1.807, 2.05) is 0 Å². The minimum Gasteiger partial charge on any atom is -0.505 e. The lowest BCUT2D eigenvalue weighted by atomic mass is 10.1. The Kier molecular flexibility index (Phi) is 12.6. The molecule has 0 aliphatic rings. The number of aromatic hydroxyl groups is 2. The maximum Gasteiger partial charge on any atom is 0.335 e. The maximum absolute atomic E-state index is 12.9. The molecule has 0 atom stereocenters. The summed E-state index contributed by atoms with van der Waals surface area (Å²) in [5.74, 6) is -4.69. The van der Waals surface area contributed by atoms with Crippen LogP contribution in [0.15, 0.2) is 114 Å². The normalized spacial score (nSPS) is 12.0. The van der Waals surface area contributed by atoms with Gasteiger partial charge in [-0.3, -0.25) is 18.5 Å². The van der Waals surface area contributed by atoms with Crippen molar-refractivity contribution in [1.82, 2.24) is 14.4 Å². The number of rotatable bonds is 16. The fourth-order valence-electron chi connectivity index (χ4n) is 7.25. The molecule has 3 heterocycles. The number of carboxylic acids is 3. The number of aliphatic carboxylic acids is 2. The van der Waals surface area contributed by atoms with Crippen LogP contribution in [0, 0.1) is 18.3 Å². The number of fused-ring (bicyclic) bond motifs is 5. The van der Waals surface area contributed by atoms with E-state index in [1.54, 1.807) is 31.2 Å². The molecule has 0 saturated heterocycles. The number of anilines is 1. The Hall–Kier alpha value is -8.99. The van der Waals surface area contributed by atoms with Crippen LogP contribution in [0.2, 0.25) is 0 Å². The smallest absolute Gasteiger partial charge is 0.335 e. The summed E-state index contributed by atoms with van der Waals surface area (Å²) in [5.41, 5.74) is 1.35. The van der Waals surface area contributed by atoms with Gasteiger partial charge in [-0.1, -0.05) is 23.5 Å². The first kappa shape index (κ1) is 46.5. The van der Waals surface area contributed by atoms with E-state index in [4.69, 9.17) is 4.74 Å². The van der Waals surface area contributed by atoms with E-state index in [2.05, 4.69) is 46.7 Å². The zero-order valence-electron chi connectivity index (χ0n) is 35.7. The number of para-hydroxylation sites is 2. The summed E-state index contributed by atoms with van der Waals surface area (Å²) in [6, 6.07) is 21.0. The fourth-order valence-corrected chi connectivity index (χ4v) is 8.73. The molecule has 5 aromatic carbocycles. The van der Waals surface area contributed by atoms with E-state index in [0.29, 0.717) is 21.3 Å². The number of phenols is 1. The van der Waals surface area contributed by atoms with Crippen molar-refractivity contribution < 1.29 is 57.6 Å².